The minimum atomic E-state index is -4.47. The van der Waals surface area contributed by atoms with Gasteiger partial charge in [-0.05, 0) is 11.5 Å². The molecule has 4 nitrogen and oxygen atoms in total. The summed E-state index contributed by atoms with van der Waals surface area (Å²) in [6, 6.07) is 12.1. The van der Waals surface area contributed by atoms with Crippen LogP contribution in [0, 0.1) is 0 Å². The Morgan fingerprint density at radius 2 is 1.62 bits per heavy atom. The largest absolute Gasteiger partial charge is 0.446 e. The third-order valence-corrected chi connectivity index (χ3v) is 2.33. The van der Waals surface area contributed by atoms with Crippen LogP contribution in [-0.4, -0.2) is 64.4 Å². The first kappa shape index (κ1) is 14.1. The minimum absolute atomic E-state index is 0. The maximum absolute atomic E-state index is 10.6. The molecule has 0 saturated carbocycles. The monoisotopic (exact) mass is 263 g/mol. The van der Waals surface area contributed by atoms with Crippen molar-refractivity contribution >= 4 is 72.6 Å². The fraction of sp³-hybridized carbons (Fsp3) is 0. The van der Waals surface area contributed by atoms with Crippen LogP contribution in [0.1, 0.15) is 0 Å². The van der Waals surface area contributed by atoms with Crippen molar-refractivity contribution in [3.05, 3.63) is 42.5 Å². The summed E-state index contributed by atoms with van der Waals surface area (Å²) in [4.78, 5) is 0. The van der Waals surface area contributed by atoms with Crippen LogP contribution in [0.5, 0.6) is 5.75 Å². The van der Waals surface area contributed by atoms with Crippen molar-refractivity contribution in [3.8, 4) is 5.75 Å². The van der Waals surface area contributed by atoms with E-state index in [4.69, 9.17) is 4.55 Å². The molecule has 0 aliphatic carbocycles. The van der Waals surface area contributed by atoms with Gasteiger partial charge >= 0.3 is 10.4 Å². The van der Waals surface area contributed by atoms with Gasteiger partial charge in [0.25, 0.3) is 0 Å². The van der Waals surface area contributed by atoms with E-state index in [9.17, 15) is 8.42 Å². The quantitative estimate of drug-likeness (QED) is 0.661. The molecule has 0 fully saturated rings. The molecule has 0 amide bonds. The number of hydrogen-bond acceptors (Lipinski definition) is 3. The van der Waals surface area contributed by atoms with Gasteiger partial charge in [-0.25, -0.2) is 0 Å². The van der Waals surface area contributed by atoms with Crippen molar-refractivity contribution in [1.29, 1.82) is 0 Å². The number of rotatable bonds is 2. The molecule has 0 spiro atoms. The van der Waals surface area contributed by atoms with E-state index in [1.807, 2.05) is 18.2 Å². The van der Waals surface area contributed by atoms with Gasteiger partial charge in [0.15, 0.2) is 5.75 Å². The third kappa shape index (κ3) is 3.52. The summed E-state index contributed by atoms with van der Waals surface area (Å²) in [7, 11) is -4.47. The van der Waals surface area contributed by atoms with E-state index >= 15 is 0 Å². The average molecular weight is 263 g/mol. The van der Waals surface area contributed by atoms with Gasteiger partial charge in [-0.2, -0.15) is 8.42 Å². The topological polar surface area (TPSA) is 63.6 Å². The molecule has 0 saturated heterocycles. The van der Waals surface area contributed by atoms with E-state index in [0.717, 1.165) is 5.39 Å². The second kappa shape index (κ2) is 5.59. The molecular weight excluding hydrogens is 255 g/mol. The van der Waals surface area contributed by atoms with Crippen LogP contribution in [0.3, 0.4) is 0 Å². The number of fused-ring (bicyclic) bond motifs is 1. The predicted octanol–water partition coefficient (Wildman–Crippen LogP) is 1.64. The van der Waals surface area contributed by atoms with Gasteiger partial charge < -0.3 is 4.18 Å². The SMILES string of the molecule is O=S(=O)(O)Oc1cccc2ccccc12.[K]. The third-order valence-electron chi connectivity index (χ3n) is 1.94. The van der Waals surface area contributed by atoms with E-state index in [0.29, 0.717) is 5.39 Å². The van der Waals surface area contributed by atoms with Gasteiger partial charge in [0.2, 0.25) is 0 Å². The smallest absolute Gasteiger partial charge is 0.361 e. The first-order chi connectivity index (χ1) is 7.06. The summed E-state index contributed by atoms with van der Waals surface area (Å²) in [6.07, 6.45) is 0. The number of hydrogen-bond donors (Lipinski definition) is 1. The molecule has 0 heterocycles. The normalized spacial score (nSPS) is 10.8. The van der Waals surface area contributed by atoms with Crippen molar-refractivity contribution < 1.29 is 17.2 Å². The van der Waals surface area contributed by atoms with E-state index in [1.165, 1.54) is 6.07 Å². The van der Waals surface area contributed by atoms with Crippen LogP contribution in [-0.2, 0) is 10.4 Å². The standard InChI is InChI=1S/C10H8O4S.K/c11-15(12,13)14-10-7-3-5-8-4-1-2-6-9(8)10;/h1-7H,(H,11,12,13);. The van der Waals surface area contributed by atoms with Crippen LogP contribution >= 0.6 is 0 Å². The van der Waals surface area contributed by atoms with Crippen LogP contribution in [0.2, 0.25) is 0 Å². The second-order valence-electron chi connectivity index (χ2n) is 2.99. The van der Waals surface area contributed by atoms with Crippen molar-refractivity contribution in [2.75, 3.05) is 0 Å². The molecule has 1 radical (unpaired) electrons. The Morgan fingerprint density at radius 3 is 2.31 bits per heavy atom. The second-order valence-corrected chi connectivity index (χ2v) is 4.01. The Balaban J connectivity index is 0.00000128. The molecule has 2 aromatic carbocycles. The summed E-state index contributed by atoms with van der Waals surface area (Å²) in [5, 5.41) is 1.48. The zero-order valence-corrected chi connectivity index (χ0v) is 12.6. The summed E-state index contributed by atoms with van der Waals surface area (Å²) in [5.74, 6) is 0.121. The molecule has 6 heteroatoms. The van der Waals surface area contributed by atoms with Gasteiger partial charge in [0.05, 0.1) is 0 Å². The van der Waals surface area contributed by atoms with Crippen LogP contribution < -0.4 is 4.18 Å². The molecule has 2 rings (SSSR count). The van der Waals surface area contributed by atoms with Crippen LogP contribution in [0.25, 0.3) is 10.8 Å². The fourth-order valence-corrected chi connectivity index (χ4v) is 1.75. The Bertz CT molecular complexity index is 589. The minimum Gasteiger partial charge on any atom is -0.361 e. The van der Waals surface area contributed by atoms with Gasteiger partial charge in [-0.3, -0.25) is 4.55 Å². The van der Waals surface area contributed by atoms with Gasteiger partial charge in [0, 0.05) is 56.8 Å². The summed E-state index contributed by atoms with van der Waals surface area (Å²) >= 11 is 0. The first-order valence-electron chi connectivity index (χ1n) is 4.21. The van der Waals surface area contributed by atoms with E-state index in [2.05, 4.69) is 4.18 Å². The van der Waals surface area contributed by atoms with Crippen molar-refractivity contribution in [3.63, 3.8) is 0 Å². The summed E-state index contributed by atoms with van der Waals surface area (Å²) in [5.41, 5.74) is 0. The Morgan fingerprint density at radius 1 is 1.00 bits per heavy atom. The van der Waals surface area contributed by atoms with E-state index in [-0.39, 0.29) is 57.1 Å². The first-order valence-corrected chi connectivity index (χ1v) is 5.57. The fourth-order valence-electron chi connectivity index (χ4n) is 1.38. The maximum Gasteiger partial charge on any atom is 0.446 e. The average Bonchev–Trinajstić information content (AvgIpc) is 2.16. The van der Waals surface area contributed by atoms with E-state index < -0.39 is 10.4 Å². The number of benzene rings is 2. The van der Waals surface area contributed by atoms with Crippen molar-refractivity contribution in [1.82, 2.24) is 0 Å². The Labute approximate surface area is 136 Å². The summed E-state index contributed by atoms with van der Waals surface area (Å²) in [6.45, 7) is 0. The Kier molecular flexibility index (Phi) is 4.93. The molecule has 16 heavy (non-hydrogen) atoms. The van der Waals surface area contributed by atoms with E-state index in [1.54, 1.807) is 18.2 Å². The van der Waals surface area contributed by atoms with Crippen molar-refractivity contribution in [2.45, 2.75) is 0 Å². The maximum atomic E-state index is 10.6. The zero-order chi connectivity index (χ0) is 10.9. The predicted molar refractivity (Wildman–Crippen MR) is 61.9 cm³/mol. The van der Waals surface area contributed by atoms with Gasteiger partial charge in [-0.15, -0.1) is 0 Å². The molecule has 0 aliphatic heterocycles. The van der Waals surface area contributed by atoms with Gasteiger partial charge in [0.1, 0.15) is 0 Å². The van der Waals surface area contributed by atoms with Crippen LogP contribution in [0.4, 0.5) is 0 Å². The molecule has 79 valence electrons. The molecular formula is C10H8KO4S. The Hall–Kier alpha value is 0.0464. The van der Waals surface area contributed by atoms with Gasteiger partial charge in [-0.1, -0.05) is 36.4 Å². The molecule has 2 aromatic rings. The molecule has 0 bridgehead atoms. The summed E-state index contributed by atoms with van der Waals surface area (Å²) < 4.78 is 34.2. The van der Waals surface area contributed by atoms with Crippen LogP contribution in [0.15, 0.2) is 42.5 Å². The molecule has 0 aromatic heterocycles. The molecule has 0 atom stereocenters. The molecule has 0 unspecified atom stereocenters. The molecule has 0 aliphatic rings. The molecule has 1 N–H and O–H groups in total. The zero-order valence-electron chi connectivity index (χ0n) is 8.62. The van der Waals surface area contributed by atoms with Crippen molar-refractivity contribution in [2.24, 2.45) is 0 Å².